The molecule has 92 valence electrons. The molecule has 0 spiro atoms. The molecule has 2 aromatic heterocycles. The minimum atomic E-state index is 0.234. The largest absolute Gasteiger partial charge is 0.466 e. The van der Waals surface area contributed by atoms with Crippen LogP contribution in [0.1, 0.15) is 41.5 Å². The maximum absolute atomic E-state index is 5.52. The third kappa shape index (κ3) is 2.77. The lowest BCUT2D eigenvalue weighted by atomic mass is 10.1. The molecular formula is C13H18N2O2. The number of hydrogen-bond donors (Lipinski definition) is 1. The van der Waals surface area contributed by atoms with E-state index in [-0.39, 0.29) is 6.04 Å². The molecule has 0 bridgehead atoms. The van der Waals surface area contributed by atoms with E-state index < -0.39 is 0 Å². The van der Waals surface area contributed by atoms with Crippen molar-refractivity contribution in [3.63, 3.8) is 0 Å². The number of nitrogens with zero attached hydrogens (tertiary/aromatic N) is 1. The van der Waals surface area contributed by atoms with Crippen molar-refractivity contribution in [3.05, 3.63) is 40.7 Å². The Morgan fingerprint density at radius 1 is 1.29 bits per heavy atom. The molecular weight excluding hydrogens is 216 g/mol. The van der Waals surface area contributed by atoms with Crippen LogP contribution in [0.5, 0.6) is 0 Å². The summed E-state index contributed by atoms with van der Waals surface area (Å²) in [4.78, 5) is 0. The van der Waals surface area contributed by atoms with Crippen molar-refractivity contribution in [1.82, 2.24) is 10.5 Å². The van der Waals surface area contributed by atoms with E-state index >= 15 is 0 Å². The molecule has 0 saturated carbocycles. The zero-order valence-electron chi connectivity index (χ0n) is 10.7. The van der Waals surface area contributed by atoms with Gasteiger partial charge < -0.3 is 14.3 Å². The van der Waals surface area contributed by atoms with E-state index in [1.807, 2.05) is 26.8 Å². The molecule has 0 saturated heterocycles. The van der Waals surface area contributed by atoms with Crippen molar-refractivity contribution in [3.8, 4) is 0 Å². The van der Waals surface area contributed by atoms with Gasteiger partial charge in [0.15, 0.2) is 5.76 Å². The van der Waals surface area contributed by atoms with Gasteiger partial charge in [0, 0.05) is 17.7 Å². The Labute approximate surface area is 101 Å². The highest BCUT2D eigenvalue weighted by Crippen LogP contribution is 2.21. The van der Waals surface area contributed by atoms with E-state index in [0.29, 0.717) is 6.54 Å². The van der Waals surface area contributed by atoms with Crippen LogP contribution >= 0.6 is 0 Å². The van der Waals surface area contributed by atoms with Gasteiger partial charge in [-0.25, -0.2) is 0 Å². The smallest absolute Gasteiger partial charge is 0.150 e. The maximum Gasteiger partial charge on any atom is 0.150 e. The van der Waals surface area contributed by atoms with Crippen molar-refractivity contribution < 1.29 is 8.94 Å². The Bertz CT molecular complexity index is 499. The third-order valence-corrected chi connectivity index (χ3v) is 2.81. The van der Waals surface area contributed by atoms with Gasteiger partial charge in [0.25, 0.3) is 0 Å². The predicted molar refractivity (Wildman–Crippen MR) is 64.7 cm³/mol. The molecule has 1 N–H and O–H groups in total. The summed E-state index contributed by atoms with van der Waals surface area (Å²) in [6.45, 7) is 8.65. The Kier molecular flexibility index (Phi) is 3.33. The highest BCUT2D eigenvalue weighted by atomic mass is 16.5. The normalized spacial score (nSPS) is 12.9. The zero-order valence-corrected chi connectivity index (χ0v) is 10.7. The van der Waals surface area contributed by atoms with Crippen molar-refractivity contribution in [2.75, 3.05) is 0 Å². The van der Waals surface area contributed by atoms with Crippen molar-refractivity contribution >= 4 is 0 Å². The Morgan fingerprint density at radius 2 is 2.06 bits per heavy atom. The summed E-state index contributed by atoms with van der Waals surface area (Å²) >= 11 is 0. The van der Waals surface area contributed by atoms with Crippen molar-refractivity contribution in [2.24, 2.45) is 0 Å². The second-order valence-corrected chi connectivity index (χ2v) is 4.41. The fourth-order valence-corrected chi connectivity index (χ4v) is 1.94. The second-order valence-electron chi connectivity index (χ2n) is 4.41. The van der Waals surface area contributed by atoms with Gasteiger partial charge in [-0.3, -0.25) is 0 Å². The lowest BCUT2D eigenvalue weighted by Gasteiger charge is -2.11. The predicted octanol–water partition coefficient (Wildman–Crippen LogP) is 3.04. The summed E-state index contributed by atoms with van der Waals surface area (Å²) in [5.74, 6) is 2.77. The number of rotatable bonds is 4. The second kappa shape index (κ2) is 4.75. The van der Waals surface area contributed by atoms with Gasteiger partial charge in [-0.15, -0.1) is 0 Å². The molecule has 0 aromatic carbocycles. The highest BCUT2D eigenvalue weighted by molar-refractivity contribution is 5.23. The number of furan rings is 1. The van der Waals surface area contributed by atoms with Crippen molar-refractivity contribution in [1.29, 1.82) is 0 Å². The highest BCUT2D eigenvalue weighted by Gasteiger charge is 2.12. The molecule has 1 atom stereocenters. The molecule has 2 heterocycles. The van der Waals surface area contributed by atoms with E-state index in [2.05, 4.69) is 23.5 Å². The van der Waals surface area contributed by atoms with Gasteiger partial charge in [0.2, 0.25) is 0 Å². The molecule has 0 fully saturated rings. The van der Waals surface area contributed by atoms with Crippen LogP contribution in [0.15, 0.2) is 21.1 Å². The van der Waals surface area contributed by atoms with E-state index in [1.54, 1.807) is 0 Å². The van der Waals surface area contributed by atoms with Crippen LogP contribution in [0, 0.1) is 20.8 Å². The van der Waals surface area contributed by atoms with Crippen molar-refractivity contribution in [2.45, 2.75) is 40.3 Å². The van der Waals surface area contributed by atoms with Crippen LogP contribution in [-0.2, 0) is 6.54 Å². The standard InChI is InChI=1S/C13H18N2O2/c1-8-5-12(17-15-8)7-14-10(3)13-6-9(2)16-11(13)4/h5-6,10,14H,7H2,1-4H3. The SMILES string of the molecule is Cc1cc(CNC(C)c2cc(C)oc2C)on1. The van der Waals surface area contributed by atoms with Crippen LogP contribution in [0.2, 0.25) is 0 Å². The summed E-state index contributed by atoms with van der Waals surface area (Å²) in [5.41, 5.74) is 2.10. The Balaban J connectivity index is 1.97. The van der Waals surface area contributed by atoms with E-state index in [9.17, 15) is 0 Å². The third-order valence-electron chi connectivity index (χ3n) is 2.81. The Hall–Kier alpha value is -1.55. The summed E-state index contributed by atoms with van der Waals surface area (Å²) in [6.07, 6.45) is 0. The maximum atomic E-state index is 5.52. The average molecular weight is 234 g/mol. The van der Waals surface area contributed by atoms with Crippen LogP contribution in [-0.4, -0.2) is 5.16 Å². The minimum absolute atomic E-state index is 0.234. The Morgan fingerprint density at radius 3 is 2.59 bits per heavy atom. The molecule has 0 amide bonds. The summed E-state index contributed by atoms with van der Waals surface area (Å²) < 4.78 is 10.7. The first-order chi connectivity index (χ1) is 8.06. The molecule has 2 aromatic rings. The first-order valence-corrected chi connectivity index (χ1v) is 5.79. The fraction of sp³-hybridized carbons (Fsp3) is 0.462. The van der Waals surface area contributed by atoms with Gasteiger partial charge >= 0.3 is 0 Å². The topological polar surface area (TPSA) is 51.2 Å². The summed E-state index contributed by atoms with van der Waals surface area (Å²) in [5, 5.41) is 7.24. The molecule has 4 heteroatoms. The van der Waals surface area contributed by atoms with Gasteiger partial charge in [-0.1, -0.05) is 5.16 Å². The lowest BCUT2D eigenvalue weighted by molar-refractivity contribution is 0.362. The van der Waals surface area contributed by atoms with Gasteiger partial charge in [-0.2, -0.15) is 0 Å². The molecule has 0 aliphatic heterocycles. The quantitative estimate of drug-likeness (QED) is 0.883. The molecule has 0 aliphatic rings. The number of hydrogen-bond acceptors (Lipinski definition) is 4. The number of nitrogens with one attached hydrogen (secondary N) is 1. The lowest BCUT2D eigenvalue weighted by Crippen LogP contribution is -2.17. The van der Waals surface area contributed by atoms with E-state index in [0.717, 1.165) is 23.0 Å². The van der Waals surface area contributed by atoms with Gasteiger partial charge in [-0.05, 0) is 33.8 Å². The van der Waals surface area contributed by atoms with E-state index in [1.165, 1.54) is 5.56 Å². The van der Waals surface area contributed by atoms with Crippen LogP contribution < -0.4 is 5.32 Å². The first-order valence-electron chi connectivity index (χ1n) is 5.79. The molecule has 17 heavy (non-hydrogen) atoms. The van der Waals surface area contributed by atoms with Crippen LogP contribution in [0.3, 0.4) is 0 Å². The molecule has 4 nitrogen and oxygen atoms in total. The van der Waals surface area contributed by atoms with E-state index in [4.69, 9.17) is 8.94 Å². The summed E-state index contributed by atoms with van der Waals surface area (Å²) in [7, 11) is 0. The summed E-state index contributed by atoms with van der Waals surface area (Å²) in [6, 6.07) is 4.24. The van der Waals surface area contributed by atoms with Gasteiger partial charge in [0.1, 0.15) is 11.5 Å². The number of aromatic nitrogens is 1. The number of aryl methyl sites for hydroxylation is 3. The molecule has 0 aliphatic carbocycles. The minimum Gasteiger partial charge on any atom is -0.466 e. The average Bonchev–Trinajstić information content (AvgIpc) is 2.81. The van der Waals surface area contributed by atoms with Crippen LogP contribution in [0.4, 0.5) is 0 Å². The van der Waals surface area contributed by atoms with Gasteiger partial charge in [0.05, 0.1) is 12.2 Å². The molecule has 1 unspecified atom stereocenters. The molecule has 2 rings (SSSR count). The monoisotopic (exact) mass is 234 g/mol. The van der Waals surface area contributed by atoms with Crippen LogP contribution in [0.25, 0.3) is 0 Å². The first kappa shape index (κ1) is 11.9. The molecule has 0 radical (unpaired) electrons. The fourth-order valence-electron chi connectivity index (χ4n) is 1.94. The zero-order chi connectivity index (χ0) is 12.4.